The Labute approximate surface area is 103 Å². The van der Waals surface area contributed by atoms with E-state index >= 15 is 0 Å². The maximum Gasteiger partial charge on any atom is 0.282 e. The first-order valence-corrected chi connectivity index (χ1v) is 5.40. The standard InChI is InChI=1S/C9H5BrClF2N3/c10-5-1-2-8(14-4-5)16-7(11)3-6(15-16)9(12)13/h1-4,9H. The summed E-state index contributed by atoms with van der Waals surface area (Å²) in [6, 6.07) is 4.47. The third-order valence-corrected chi connectivity index (χ3v) is 2.58. The van der Waals surface area contributed by atoms with Gasteiger partial charge in [-0.3, -0.25) is 0 Å². The van der Waals surface area contributed by atoms with E-state index in [9.17, 15) is 8.78 Å². The molecule has 2 aromatic heterocycles. The molecule has 16 heavy (non-hydrogen) atoms. The Balaban J connectivity index is 2.44. The van der Waals surface area contributed by atoms with Crippen LogP contribution in [0, 0.1) is 0 Å². The Kier molecular flexibility index (Phi) is 3.20. The summed E-state index contributed by atoms with van der Waals surface area (Å²) >= 11 is 9.00. The van der Waals surface area contributed by atoms with Gasteiger partial charge in [-0.15, -0.1) is 0 Å². The molecule has 0 aromatic carbocycles. The predicted octanol–water partition coefficient (Wildman–Crippen LogP) is 3.62. The van der Waals surface area contributed by atoms with Crippen molar-refractivity contribution in [3.63, 3.8) is 0 Å². The Morgan fingerprint density at radius 1 is 1.38 bits per heavy atom. The molecule has 0 spiro atoms. The molecular weight excluding hydrogens is 303 g/mol. The molecule has 7 heteroatoms. The number of halogens is 4. The first kappa shape index (κ1) is 11.5. The molecule has 0 aliphatic carbocycles. The number of pyridine rings is 1. The van der Waals surface area contributed by atoms with Crippen molar-refractivity contribution in [2.45, 2.75) is 6.43 Å². The molecule has 0 saturated carbocycles. The average Bonchev–Trinajstić information content (AvgIpc) is 2.62. The zero-order valence-electron chi connectivity index (χ0n) is 7.74. The Bertz CT molecular complexity index is 498. The van der Waals surface area contributed by atoms with Crippen molar-refractivity contribution in [1.82, 2.24) is 14.8 Å². The molecule has 3 nitrogen and oxygen atoms in total. The predicted molar refractivity (Wildman–Crippen MR) is 59.0 cm³/mol. The van der Waals surface area contributed by atoms with Gasteiger partial charge in [0, 0.05) is 16.7 Å². The smallest absolute Gasteiger partial charge is 0.236 e. The van der Waals surface area contributed by atoms with Crippen LogP contribution in [-0.2, 0) is 0 Å². The molecule has 84 valence electrons. The van der Waals surface area contributed by atoms with Gasteiger partial charge in [0.05, 0.1) is 0 Å². The van der Waals surface area contributed by atoms with Gasteiger partial charge in [0.25, 0.3) is 6.43 Å². The van der Waals surface area contributed by atoms with Gasteiger partial charge in [-0.25, -0.2) is 18.4 Å². The molecule has 0 N–H and O–H groups in total. The van der Waals surface area contributed by atoms with Crippen molar-refractivity contribution in [1.29, 1.82) is 0 Å². The zero-order chi connectivity index (χ0) is 11.7. The highest BCUT2D eigenvalue weighted by Gasteiger charge is 2.15. The Morgan fingerprint density at radius 2 is 2.12 bits per heavy atom. The van der Waals surface area contributed by atoms with Crippen molar-refractivity contribution < 1.29 is 8.78 Å². The van der Waals surface area contributed by atoms with E-state index in [4.69, 9.17) is 11.6 Å². The fourth-order valence-electron chi connectivity index (χ4n) is 1.14. The number of aromatic nitrogens is 3. The first-order valence-electron chi connectivity index (χ1n) is 4.23. The highest BCUT2D eigenvalue weighted by Crippen LogP contribution is 2.23. The van der Waals surface area contributed by atoms with Gasteiger partial charge in [-0.1, -0.05) is 11.6 Å². The van der Waals surface area contributed by atoms with Crippen LogP contribution in [0.1, 0.15) is 12.1 Å². The number of alkyl halides is 2. The second-order valence-corrected chi connectivity index (χ2v) is 4.24. The summed E-state index contributed by atoms with van der Waals surface area (Å²) in [4.78, 5) is 4.01. The monoisotopic (exact) mass is 307 g/mol. The van der Waals surface area contributed by atoms with Gasteiger partial charge >= 0.3 is 0 Å². The third-order valence-electron chi connectivity index (χ3n) is 1.84. The van der Waals surface area contributed by atoms with Gasteiger partial charge in [-0.2, -0.15) is 5.10 Å². The van der Waals surface area contributed by atoms with Crippen molar-refractivity contribution in [3.05, 3.63) is 39.7 Å². The van der Waals surface area contributed by atoms with Crippen LogP contribution in [-0.4, -0.2) is 14.8 Å². The summed E-state index contributed by atoms with van der Waals surface area (Å²) in [6.07, 6.45) is -1.11. The highest BCUT2D eigenvalue weighted by atomic mass is 79.9. The molecule has 0 unspecified atom stereocenters. The van der Waals surface area contributed by atoms with Gasteiger partial charge in [0.1, 0.15) is 10.8 Å². The second kappa shape index (κ2) is 4.47. The van der Waals surface area contributed by atoms with Crippen LogP contribution in [0.25, 0.3) is 5.82 Å². The summed E-state index contributed by atoms with van der Waals surface area (Å²) < 4.78 is 26.7. The molecule has 0 aliphatic heterocycles. The van der Waals surface area contributed by atoms with E-state index in [0.29, 0.717) is 5.82 Å². The molecule has 0 amide bonds. The summed E-state index contributed by atoms with van der Waals surface area (Å²) in [7, 11) is 0. The van der Waals surface area contributed by atoms with Crippen molar-refractivity contribution in [2.24, 2.45) is 0 Å². The van der Waals surface area contributed by atoms with E-state index in [1.165, 1.54) is 6.20 Å². The Morgan fingerprint density at radius 3 is 2.62 bits per heavy atom. The molecule has 2 heterocycles. The third kappa shape index (κ3) is 2.22. The van der Waals surface area contributed by atoms with E-state index in [0.717, 1.165) is 15.2 Å². The fraction of sp³-hybridized carbons (Fsp3) is 0.111. The molecule has 2 aromatic rings. The molecular formula is C9H5BrClF2N3. The number of nitrogens with zero attached hydrogens (tertiary/aromatic N) is 3. The number of hydrogen-bond acceptors (Lipinski definition) is 2. The van der Waals surface area contributed by atoms with Crippen LogP contribution in [0.3, 0.4) is 0 Å². The summed E-state index contributed by atoms with van der Waals surface area (Å²) in [5.41, 5.74) is -0.366. The van der Waals surface area contributed by atoms with E-state index in [2.05, 4.69) is 26.0 Å². The van der Waals surface area contributed by atoms with Gasteiger partial charge in [0.2, 0.25) is 0 Å². The number of hydrogen-bond donors (Lipinski definition) is 0. The molecule has 0 atom stereocenters. The van der Waals surface area contributed by atoms with E-state index in [-0.39, 0.29) is 10.8 Å². The molecule has 2 rings (SSSR count). The van der Waals surface area contributed by atoms with E-state index in [1.807, 2.05) is 0 Å². The largest absolute Gasteiger partial charge is 0.282 e. The van der Waals surface area contributed by atoms with Crippen LogP contribution in [0.15, 0.2) is 28.9 Å². The SMILES string of the molecule is FC(F)c1cc(Cl)n(-c2ccc(Br)cn2)n1. The minimum absolute atomic E-state index is 0.102. The molecule has 0 bridgehead atoms. The lowest BCUT2D eigenvalue weighted by atomic mass is 10.4. The number of rotatable bonds is 2. The summed E-state index contributed by atoms with van der Waals surface area (Å²) in [5.74, 6) is 0.389. The lowest BCUT2D eigenvalue weighted by Crippen LogP contribution is -2.00. The van der Waals surface area contributed by atoms with Crippen molar-refractivity contribution >= 4 is 27.5 Å². The van der Waals surface area contributed by atoms with E-state index in [1.54, 1.807) is 12.1 Å². The Hall–Kier alpha value is -1.01. The minimum Gasteiger partial charge on any atom is -0.236 e. The fourth-order valence-corrected chi connectivity index (χ4v) is 1.61. The lowest BCUT2D eigenvalue weighted by molar-refractivity contribution is 0.145. The van der Waals surface area contributed by atoms with Crippen molar-refractivity contribution in [3.8, 4) is 5.82 Å². The maximum absolute atomic E-state index is 12.4. The van der Waals surface area contributed by atoms with Crippen LogP contribution in [0.2, 0.25) is 5.15 Å². The van der Waals surface area contributed by atoms with Gasteiger partial charge in [-0.05, 0) is 28.1 Å². The summed E-state index contributed by atoms with van der Waals surface area (Å²) in [5, 5.41) is 3.77. The van der Waals surface area contributed by atoms with Crippen LogP contribution < -0.4 is 0 Å². The van der Waals surface area contributed by atoms with Crippen LogP contribution >= 0.6 is 27.5 Å². The van der Waals surface area contributed by atoms with Crippen LogP contribution in [0.5, 0.6) is 0 Å². The van der Waals surface area contributed by atoms with Gasteiger partial charge in [0.15, 0.2) is 5.82 Å². The molecule has 0 saturated heterocycles. The highest BCUT2D eigenvalue weighted by molar-refractivity contribution is 9.10. The molecule has 0 radical (unpaired) electrons. The topological polar surface area (TPSA) is 30.7 Å². The summed E-state index contributed by atoms with van der Waals surface area (Å²) in [6.45, 7) is 0. The molecule has 0 aliphatic rings. The van der Waals surface area contributed by atoms with Crippen LogP contribution in [0.4, 0.5) is 8.78 Å². The second-order valence-electron chi connectivity index (χ2n) is 2.94. The first-order chi connectivity index (χ1) is 7.58. The quantitative estimate of drug-likeness (QED) is 0.848. The molecule has 0 fully saturated rings. The minimum atomic E-state index is -2.64. The van der Waals surface area contributed by atoms with Gasteiger partial charge < -0.3 is 0 Å². The van der Waals surface area contributed by atoms with Crippen molar-refractivity contribution in [2.75, 3.05) is 0 Å². The normalized spacial score (nSPS) is 11.1. The maximum atomic E-state index is 12.4. The average molecular weight is 309 g/mol. The zero-order valence-corrected chi connectivity index (χ0v) is 10.1. The van der Waals surface area contributed by atoms with E-state index < -0.39 is 6.43 Å². The lowest BCUT2D eigenvalue weighted by Gasteiger charge is -2.01.